The summed E-state index contributed by atoms with van der Waals surface area (Å²) in [7, 11) is 0. The van der Waals surface area contributed by atoms with E-state index in [1.165, 1.54) is 19.3 Å². The van der Waals surface area contributed by atoms with E-state index in [-0.39, 0.29) is 24.0 Å². The number of urea groups is 1. The Bertz CT molecular complexity index is 786. The van der Waals surface area contributed by atoms with Gasteiger partial charge < -0.3 is 10.2 Å². The molecule has 2 N–H and O–H groups in total. The third kappa shape index (κ3) is 4.30. The normalized spacial score (nSPS) is 32.8. The number of hydrogen-bond acceptors (Lipinski definition) is 4. The fraction of sp³-hybridized carbons (Fsp3) is 0.652. The minimum Gasteiger partial charge on any atom is -0.369 e. The number of piperazine rings is 1. The summed E-state index contributed by atoms with van der Waals surface area (Å²) in [5.41, 5.74) is 1.04. The maximum Gasteiger partial charge on any atom is 0.321 e. The monoisotopic (exact) mass is 430 g/mol. The molecule has 6 nitrogen and oxygen atoms in total. The summed E-state index contributed by atoms with van der Waals surface area (Å²) in [4.78, 5) is 29.4. The Labute approximate surface area is 183 Å². The van der Waals surface area contributed by atoms with Gasteiger partial charge in [-0.15, -0.1) is 0 Å². The Morgan fingerprint density at radius 3 is 2.23 bits per heavy atom. The number of imide groups is 1. The second kappa shape index (κ2) is 8.04. The predicted octanol–water partition coefficient (Wildman–Crippen LogP) is 3.26. The molecule has 0 atom stereocenters. The summed E-state index contributed by atoms with van der Waals surface area (Å²) in [6.45, 7) is 3.52. The van der Waals surface area contributed by atoms with Gasteiger partial charge in [0.05, 0.1) is 6.54 Å². The maximum atomic E-state index is 12.6. The summed E-state index contributed by atoms with van der Waals surface area (Å²) >= 11 is 6.09. The van der Waals surface area contributed by atoms with E-state index < -0.39 is 0 Å². The Hall–Kier alpha value is -1.79. The van der Waals surface area contributed by atoms with Crippen LogP contribution in [0.2, 0.25) is 5.02 Å². The molecule has 6 rings (SSSR count). The zero-order chi connectivity index (χ0) is 20.7. The van der Waals surface area contributed by atoms with E-state index in [9.17, 15) is 9.59 Å². The molecule has 162 valence electrons. The van der Waals surface area contributed by atoms with Crippen LogP contribution >= 0.6 is 11.6 Å². The molecule has 0 aromatic heterocycles. The topological polar surface area (TPSA) is 64.7 Å². The van der Waals surface area contributed by atoms with E-state index >= 15 is 0 Å². The average molecular weight is 431 g/mol. The lowest BCUT2D eigenvalue weighted by atomic mass is 9.53. The van der Waals surface area contributed by atoms with Gasteiger partial charge in [-0.2, -0.15) is 0 Å². The highest BCUT2D eigenvalue weighted by Crippen LogP contribution is 2.55. The molecular weight excluding hydrogens is 400 g/mol. The van der Waals surface area contributed by atoms with Crippen LogP contribution in [0.4, 0.5) is 10.5 Å². The van der Waals surface area contributed by atoms with Crippen molar-refractivity contribution in [2.75, 3.05) is 37.6 Å². The van der Waals surface area contributed by atoms with Gasteiger partial charge in [0.2, 0.25) is 5.91 Å². The predicted molar refractivity (Wildman–Crippen MR) is 118 cm³/mol. The standard InChI is InChI=1S/C23H31ClN4O2/c24-19-2-1-3-20(11-19)28-6-4-27(5-7-28)15-21(29)25-22(30)26-23-12-16-8-17(13-23)10-18(9-16)14-23/h1-3,11,16-18H,4-10,12-15H2,(H2,25,26,29,30). The van der Waals surface area contributed by atoms with E-state index in [2.05, 4.69) is 26.5 Å². The van der Waals surface area contributed by atoms with E-state index in [1.54, 1.807) is 0 Å². The molecule has 1 saturated heterocycles. The number of carbonyl (C=O) groups excluding carboxylic acids is 2. The molecule has 30 heavy (non-hydrogen) atoms. The van der Waals surface area contributed by atoms with Crippen LogP contribution in [0.1, 0.15) is 38.5 Å². The third-order valence-electron chi connectivity index (χ3n) is 7.58. The number of hydrogen-bond donors (Lipinski definition) is 2. The van der Waals surface area contributed by atoms with E-state index in [0.717, 1.165) is 73.9 Å². The van der Waals surface area contributed by atoms with Gasteiger partial charge in [-0.05, 0) is 74.5 Å². The van der Waals surface area contributed by atoms with Crippen molar-refractivity contribution in [3.63, 3.8) is 0 Å². The first kappa shape index (κ1) is 20.1. The highest BCUT2D eigenvalue weighted by molar-refractivity contribution is 6.30. The molecule has 5 fully saturated rings. The van der Waals surface area contributed by atoms with E-state index in [0.29, 0.717) is 0 Å². The summed E-state index contributed by atoms with van der Waals surface area (Å²) in [6, 6.07) is 7.56. The second-order valence-corrected chi connectivity index (χ2v) is 10.4. The largest absolute Gasteiger partial charge is 0.369 e. The summed E-state index contributed by atoms with van der Waals surface area (Å²) in [5.74, 6) is 2.09. The van der Waals surface area contributed by atoms with Crippen molar-refractivity contribution in [3.05, 3.63) is 29.3 Å². The minimum atomic E-state index is -0.306. The summed E-state index contributed by atoms with van der Waals surface area (Å²) < 4.78 is 0. The lowest BCUT2D eigenvalue weighted by Crippen LogP contribution is -2.62. The second-order valence-electron chi connectivity index (χ2n) is 9.94. The molecule has 1 aliphatic heterocycles. The fourth-order valence-corrected chi connectivity index (χ4v) is 6.93. The maximum absolute atomic E-state index is 12.6. The lowest BCUT2D eigenvalue weighted by molar-refractivity contribution is -0.121. The number of nitrogens with one attached hydrogen (secondary N) is 2. The van der Waals surface area contributed by atoms with Gasteiger partial charge in [-0.25, -0.2) is 4.79 Å². The van der Waals surface area contributed by atoms with Gasteiger partial charge in [-0.3, -0.25) is 15.0 Å². The minimum absolute atomic E-state index is 0.0678. The van der Waals surface area contributed by atoms with Crippen LogP contribution in [0.3, 0.4) is 0 Å². The Morgan fingerprint density at radius 1 is 1.00 bits per heavy atom. The van der Waals surface area contributed by atoms with E-state index in [4.69, 9.17) is 11.6 Å². The van der Waals surface area contributed by atoms with Gasteiger partial charge >= 0.3 is 6.03 Å². The van der Waals surface area contributed by atoms with Crippen molar-refractivity contribution in [2.45, 2.75) is 44.1 Å². The first-order chi connectivity index (χ1) is 14.5. The number of rotatable bonds is 4. The van der Waals surface area contributed by atoms with Crippen LogP contribution in [-0.2, 0) is 4.79 Å². The van der Waals surface area contributed by atoms with Crippen LogP contribution in [0.25, 0.3) is 0 Å². The molecule has 1 aromatic rings. The lowest BCUT2D eigenvalue weighted by Gasteiger charge is -2.56. The number of anilines is 1. The van der Waals surface area contributed by atoms with Crippen molar-refractivity contribution in [1.82, 2.24) is 15.5 Å². The molecule has 1 heterocycles. The van der Waals surface area contributed by atoms with Gasteiger partial charge in [0.1, 0.15) is 0 Å². The molecule has 4 saturated carbocycles. The third-order valence-corrected chi connectivity index (χ3v) is 7.82. The van der Waals surface area contributed by atoms with Crippen molar-refractivity contribution >= 4 is 29.2 Å². The van der Waals surface area contributed by atoms with Crippen LogP contribution in [0.5, 0.6) is 0 Å². The van der Waals surface area contributed by atoms with Crippen LogP contribution in [0, 0.1) is 17.8 Å². The smallest absolute Gasteiger partial charge is 0.321 e. The molecule has 0 radical (unpaired) electrons. The van der Waals surface area contributed by atoms with Crippen molar-refractivity contribution in [3.8, 4) is 0 Å². The van der Waals surface area contributed by atoms with Gasteiger partial charge in [0.25, 0.3) is 0 Å². The molecule has 0 spiro atoms. The van der Waals surface area contributed by atoms with Crippen LogP contribution in [0.15, 0.2) is 24.3 Å². The van der Waals surface area contributed by atoms with Crippen LogP contribution < -0.4 is 15.5 Å². The highest BCUT2D eigenvalue weighted by atomic mass is 35.5. The average Bonchev–Trinajstić information content (AvgIpc) is 2.66. The number of nitrogens with zero attached hydrogens (tertiary/aromatic N) is 2. The van der Waals surface area contributed by atoms with Crippen LogP contribution in [-0.4, -0.2) is 55.1 Å². The van der Waals surface area contributed by atoms with E-state index in [1.807, 2.05) is 18.2 Å². The molecule has 4 aliphatic carbocycles. The van der Waals surface area contributed by atoms with Crippen molar-refractivity contribution in [2.24, 2.45) is 17.8 Å². The summed E-state index contributed by atoms with van der Waals surface area (Å²) in [5, 5.41) is 6.54. The van der Waals surface area contributed by atoms with Crippen molar-refractivity contribution in [1.29, 1.82) is 0 Å². The quantitative estimate of drug-likeness (QED) is 0.769. The molecular formula is C23H31ClN4O2. The number of halogens is 1. The van der Waals surface area contributed by atoms with Crippen molar-refractivity contribution < 1.29 is 9.59 Å². The molecule has 4 bridgehead atoms. The fourth-order valence-electron chi connectivity index (χ4n) is 6.74. The molecule has 1 aromatic carbocycles. The zero-order valence-electron chi connectivity index (χ0n) is 17.4. The highest BCUT2D eigenvalue weighted by Gasteiger charge is 2.51. The molecule has 0 unspecified atom stereocenters. The SMILES string of the molecule is O=C(CN1CCN(c2cccc(Cl)c2)CC1)NC(=O)NC12CC3CC(CC(C3)C1)C2. The Morgan fingerprint density at radius 2 is 1.63 bits per heavy atom. The molecule has 7 heteroatoms. The number of amides is 3. The molecule has 3 amide bonds. The Balaban J connectivity index is 1.08. The molecule has 5 aliphatic rings. The van der Waals surface area contributed by atoms with Gasteiger partial charge in [0.15, 0.2) is 0 Å². The number of benzene rings is 1. The first-order valence-electron chi connectivity index (χ1n) is 11.3. The zero-order valence-corrected chi connectivity index (χ0v) is 18.2. The van der Waals surface area contributed by atoms with Gasteiger partial charge in [-0.1, -0.05) is 17.7 Å². The summed E-state index contributed by atoms with van der Waals surface area (Å²) in [6.07, 6.45) is 7.28. The number of carbonyl (C=O) groups is 2. The first-order valence-corrected chi connectivity index (χ1v) is 11.7. The Kier molecular flexibility index (Phi) is 5.40. The van der Waals surface area contributed by atoms with Gasteiger partial charge in [0, 0.05) is 42.4 Å².